The molecule has 0 aromatic carbocycles. The van der Waals surface area contributed by atoms with Crippen molar-refractivity contribution in [1.29, 1.82) is 0 Å². The van der Waals surface area contributed by atoms with Crippen LogP contribution < -0.4 is 0 Å². The lowest BCUT2D eigenvalue weighted by Crippen LogP contribution is -2.66. The Kier molecular flexibility index (Phi) is 2.55. The normalized spacial score (nSPS) is 46.4. The van der Waals surface area contributed by atoms with Crippen molar-refractivity contribution in [2.75, 3.05) is 6.61 Å². The summed E-state index contributed by atoms with van der Waals surface area (Å²) in [6.07, 6.45) is 1.32. The lowest BCUT2D eigenvalue weighted by atomic mass is 9.46. The molecule has 1 aliphatic heterocycles. The summed E-state index contributed by atoms with van der Waals surface area (Å²) in [7, 11) is 0. The van der Waals surface area contributed by atoms with E-state index in [0.717, 1.165) is 0 Å². The first-order valence-corrected chi connectivity index (χ1v) is 6.98. The number of carbonyl (C=O) groups excluding carboxylic acids is 2. The zero-order valence-electron chi connectivity index (χ0n) is 12.0. The smallest absolute Gasteiger partial charge is 0.343 e. The van der Waals surface area contributed by atoms with E-state index in [-0.39, 0.29) is 12.4 Å². The van der Waals surface area contributed by atoms with Gasteiger partial charge < -0.3 is 14.9 Å². The molecular weight excluding hydrogens is 260 g/mol. The van der Waals surface area contributed by atoms with Gasteiger partial charge in [0.25, 0.3) is 0 Å². The molecular formula is C15H20O5. The fourth-order valence-electron chi connectivity index (χ4n) is 4.58. The fourth-order valence-corrected chi connectivity index (χ4v) is 4.58. The number of Topliss-reactive ketones (excluding diaryl/α,β-unsaturated/α-hetero) is 1. The lowest BCUT2D eigenvalue weighted by Gasteiger charge is -2.57. The third-order valence-corrected chi connectivity index (χ3v) is 5.71. The number of hydrogen-bond donors (Lipinski definition) is 2. The second-order valence-corrected chi connectivity index (χ2v) is 7.01. The Morgan fingerprint density at radius 2 is 1.95 bits per heavy atom. The predicted molar refractivity (Wildman–Crippen MR) is 69.6 cm³/mol. The van der Waals surface area contributed by atoms with Crippen molar-refractivity contribution in [2.24, 2.45) is 16.7 Å². The van der Waals surface area contributed by atoms with Gasteiger partial charge in [0, 0.05) is 28.7 Å². The Bertz CT molecular complexity index is 534. The SMILES string of the molecule is CC1(C)C(=O)CC[C@]2(C)[C@@H]1[C@H](O)C=C1COC(=O)[C@]12O. The van der Waals surface area contributed by atoms with Gasteiger partial charge >= 0.3 is 5.97 Å². The summed E-state index contributed by atoms with van der Waals surface area (Å²) < 4.78 is 5.01. The predicted octanol–water partition coefficient (Wildman–Crippen LogP) is 0.587. The van der Waals surface area contributed by atoms with Crippen molar-refractivity contribution in [3.63, 3.8) is 0 Å². The molecule has 1 saturated carbocycles. The molecule has 110 valence electrons. The van der Waals surface area contributed by atoms with Crippen molar-refractivity contribution >= 4 is 11.8 Å². The first-order chi connectivity index (χ1) is 9.15. The van der Waals surface area contributed by atoms with Gasteiger partial charge in [-0.1, -0.05) is 20.8 Å². The monoisotopic (exact) mass is 280 g/mol. The van der Waals surface area contributed by atoms with Crippen LogP contribution in [0.2, 0.25) is 0 Å². The van der Waals surface area contributed by atoms with E-state index in [1.807, 2.05) is 0 Å². The lowest BCUT2D eigenvalue weighted by molar-refractivity contribution is -0.191. The fraction of sp³-hybridized carbons (Fsp3) is 0.733. The van der Waals surface area contributed by atoms with Gasteiger partial charge in [0.15, 0.2) is 5.60 Å². The third-order valence-electron chi connectivity index (χ3n) is 5.71. The minimum Gasteiger partial charge on any atom is -0.459 e. The summed E-state index contributed by atoms with van der Waals surface area (Å²) in [6.45, 7) is 5.37. The van der Waals surface area contributed by atoms with E-state index in [4.69, 9.17) is 4.74 Å². The third kappa shape index (κ3) is 1.30. The average Bonchev–Trinajstić information content (AvgIpc) is 2.64. The highest BCUT2D eigenvalue weighted by atomic mass is 16.6. The number of carbonyl (C=O) groups is 2. The number of esters is 1. The molecule has 3 rings (SSSR count). The Morgan fingerprint density at radius 1 is 1.30 bits per heavy atom. The maximum atomic E-state index is 12.2. The van der Waals surface area contributed by atoms with Crippen molar-refractivity contribution in [3.8, 4) is 0 Å². The molecule has 0 spiro atoms. The van der Waals surface area contributed by atoms with Gasteiger partial charge in [-0.15, -0.1) is 0 Å². The van der Waals surface area contributed by atoms with Crippen LogP contribution in [0.5, 0.6) is 0 Å². The number of rotatable bonds is 0. The van der Waals surface area contributed by atoms with Crippen molar-refractivity contribution in [2.45, 2.75) is 45.3 Å². The molecule has 3 aliphatic rings. The van der Waals surface area contributed by atoms with Crippen LogP contribution in [0.4, 0.5) is 0 Å². The van der Waals surface area contributed by atoms with E-state index in [2.05, 4.69) is 0 Å². The van der Waals surface area contributed by atoms with Crippen LogP contribution in [-0.4, -0.2) is 40.3 Å². The van der Waals surface area contributed by atoms with Gasteiger partial charge in [0.05, 0.1) is 6.10 Å². The molecule has 5 heteroatoms. The molecule has 0 aromatic rings. The summed E-state index contributed by atoms with van der Waals surface area (Å²) in [5.41, 5.74) is -2.96. The first kappa shape index (κ1) is 13.8. The number of aliphatic hydroxyl groups is 2. The molecule has 4 atom stereocenters. The number of ketones is 1. The second kappa shape index (κ2) is 3.71. The quantitative estimate of drug-likeness (QED) is 0.501. The van der Waals surface area contributed by atoms with Crippen LogP contribution in [0.3, 0.4) is 0 Å². The number of hydrogen-bond acceptors (Lipinski definition) is 5. The van der Waals surface area contributed by atoms with E-state index in [1.54, 1.807) is 20.8 Å². The summed E-state index contributed by atoms with van der Waals surface area (Å²) in [5, 5.41) is 21.5. The van der Waals surface area contributed by atoms with E-state index in [1.165, 1.54) is 6.08 Å². The number of fused-ring (bicyclic) bond motifs is 3. The zero-order valence-corrected chi connectivity index (χ0v) is 12.0. The Morgan fingerprint density at radius 3 is 2.60 bits per heavy atom. The number of ether oxygens (including phenoxy) is 1. The standard InChI is InChI=1S/C15H20O5/c1-13(2)10(17)4-5-14(3)11(13)9(16)6-8-7-20-12(18)15(8,14)19/h6,9,11,16,19H,4-5,7H2,1-3H3/t9-,11-,14-,15-/m1/s1. The molecule has 2 fully saturated rings. The Labute approximate surface area is 117 Å². The zero-order chi connectivity index (χ0) is 14.9. The van der Waals surface area contributed by atoms with E-state index >= 15 is 0 Å². The molecule has 1 heterocycles. The van der Waals surface area contributed by atoms with Gasteiger partial charge in [-0.05, 0) is 12.5 Å². The molecule has 1 saturated heterocycles. The molecule has 2 aliphatic carbocycles. The molecule has 0 bridgehead atoms. The maximum absolute atomic E-state index is 12.2. The van der Waals surface area contributed by atoms with Gasteiger partial charge in [-0.25, -0.2) is 4.79 Å². The van der Waals surface area contributed by atoms with Crippen LogP contribution in [0.15, 0.2) is 11.6 Å². The summed E-state index contributed by atoms with van der Waals surface area (Å²) in [6, 6.07) is 0. The molecule has 2 N–H and O–H groups in total. The minimum atomic E-state index is -1.71. The van der Waals surface area contributed by atoms with Gasteiger partial charge in [-0.2, -0.15) is 0 Å². The summed E-state index contributed by atoms with van der Waals surface area (Å²) in [4.78, 5) is 24.3. The molecule has 20 heavy (non-hydrogen) atoms. The van der Waals surface area contributed by atoms with Crippen molar-refractivity contribution < 1.29 is 24.5 Å². The minimum absolute atomic E-state index is 0.0169. The van der Waals surface area contributed by atoms with Gasteiger partial charge in [-0.3, -0.25) is 4.79 Å². The molecule has 5 nitrogen and oxygen atoms in total. The number of aliphatic hydroxyl groups excluding tert-OH is 1. The first-order valence-electron chi connectivity index (χ1n) is 6.98. The Hall–Kier alpha value is -1.20. The summed E-state index contributed by atoms with van der Waals surface area (Å²) in [5.74, 6) is -1.10. The highest BCUT2D eigenvalue weighted by Gasteiger charge is 2.70. The topological polar surface area (TPSA) is 83.8 Å². The molecule has 0 amide bonds. The molecule has 0 radical (unpaired) electrons. The Balaban J connectivity index is 2.22. The van der Waals surface area contributed by atoms with E-state index in [0.29, 0.717) is 18.4 Å². The highest BCUT2D eigenvalue weighted by molar-refractivity contribution is 5.91. The van der Waals surface area contributed by atoms with Crippen LogP contribution in [0.25, 0.3) is 0 Å². The molecule has 0 aromatic heterocycles. The van der Waals surface area contributed by atoms with E-state index in [9.17, 15) is 19.8 Å². The maximum Gasteiger partial charge on any atom is 0.343 e. The van der Waals surface area contributed by atoms with Crippen molar-refractivity contribution in [1.82, 2.24) is 0 Å². The highest BCUT2D eigenvalue weighted by Crippen LogP contribution is 2.61. The van der Waals surface area contributed by atoms with Crippen LogP contribution in [-0.2, 0) is 14.3 Å². The molecule has 0 unspecified atom stereocenters. The van der Waals surface area contributed by atoms with Crippen LogP contribution in [0.1, 0.15) is 33.6 Å². The second-order valence-electron chi connectivity index (χ2n) is 7.01. The van der Waals surface area contributed by atoms with Gasteiger partial charge in [0.1, 0.15) is 12.4 Å². The van der Waals surface area contributed by atoms with Crippen LogP contribution in [0, 0.1) is 16.7 Å². The average molecular weight is 280 g/mol. The summed E-state index contributed by atoms with van der Waals surface area (Å²) >= 11 is 0. The van der Waals surface area contributed by atoms with E-state index < -0.39 is 34.4 Å². The largest absolute Gasteiger partial charge is 0.459 e. The number of cyclic esters (lactones) is 1. The van der Waals surface area contributed by atoms with Gasteiger partial charge in [0.2, 0.25) is 0 Å². The van der Waals surface area contributed by atoms with Crippen molar-refractivity contribution in [3.05, 3.63) is 11.6 Å². The van der Waals surface area contributed by atoms with Crippen LogP contribution >= 0.6 is 0 Å².